The van der Waals surface area contributed by atoms with E-state index in [0.717, 1.165) is 25.0 Å². The first-order chi connectivity index (χ1) is 20.0. The third-order valence-electron chi connectivity index (χ3n) is 7.18. The maximum atomic E-state index is 13.5. The number of carboxylic acids is 1. The minimum absolute atomic E-state index is 0.00757. The number of hydrogen-bond donors (Lipinski definition) is 3. The number of carboxylic acid groups (broad SMARTS) is 1. The van der Waals surface area contributed by atoms with Gasteiger partial charge in [-0.25, -0.2) is 4.79 Å². The molecule has 0 bridgehead atoms. The fourth-order valence-electron chi connectivity index (χ4n) is 4.99. The van der Waals surface area contributed by atoms with Crippen LogP contribution in [-0.4, -0.2) is 29.6 Å². The summed E-state index contributed by atoms with van der Waals surface area (Å²) in [7, 11) is 0. The van der Waals surface area contributed by atoms with Crippen molar-refractivity contribution in [3.8, 4) is 0 Å². The van der Waals surface area contributed by atoms with Crippen LogP contribution in [0.3, 0.4) is 0 Å². The van der Waals surface area contributed by atoms with E-state index in [1.807, 2.05) is 24.3 Å². The largest absolute Gasteiger partial charge is 0.481 e. The van der Waals surface area contributed by atoms with E-state index in [-0.39, 0.29) is 29.7 Å². The Morgan fingerprint density at radius 3 is 2.21 bits per heavy atom. The molecule has 0 unspecified atom stereocenters. The summed E-state index contributed by atoms with van der Waals surface area (Å²) in [5.41, 5.74) is 1.85. The van der Waals surface area contributed by atoms with Crippen molar-refractivity contribution in [1.82, 2.24) is 5.32 Å². The molecular formula is C31H31BrF3N3O4. The molecule has 0 spiro atoms. The fourth-order valence-corrected chi connectivity index (χ4v) is 5.48. The molecule has 1 fully saturated rings. The van der Waals surface area contributed by atoms with Crippen LogP contribution in [0, 0.1) is 0 Å². The molecule has 0 atom stereocenters. The van der Waals surface area contributed by atoms with Gasteiger partial charge in [0.2, 0.25) is 0 Å². The molecular weight excluding hydrogens is 615 g/mol. The minimum atomic E-state index is -4.58. The van der Waals surface area contributed by atoms with Crippen LogP contribution in [0.4, 0.5) is 29.3 Å². The van der Waals surface area contributed by atoms with Crippen LogP contribution in [0.2, 0.25) is 0 Å². The summed E-state index contributed by atoms with van der Waals surface area (Å²) in [6, 6.07) is 16.8. The van der Waals surface area contributed by atoms with E-state index in [2.05, 4.69) is 26.6 Å². The van der Waals surface area contributed by atoms with Crippen LogP contribution in [0.5, 0.6) is 0 Å². The number of nitrogens with zero attached hydrogens (tertiary/aromatic N) is 1. The van der Waals surface area contributed by atoms with Gasteiger partial charge in [-0.3, -0.25) is 14.5 Å². The summed E-state index contributed by atoms with van der Waals surface area (Å²) in [5, 5.41) is 13.9. The Balaban J connectivity index is 1.56. The number of halogens is 4. The van der Waals surface area contributed by atoms with Gasteiger partial charge < -0.3 is 15.7 Å². The Kier molecular flexibility index (Phi) is 10.3. The molecule has 11 heteroatoms. The van der Waals surface area contributed by atoms with Crippen LogP contribution < -0.4 is 15.5 Å². The van der Waals surface area contributed by atoms with E-state index < -0.39 is 29.6 Å². The molecule has 4 rings (SSSR count). The van der Waals surface area contributed by atoms with E-state index in [9.17, 15) is 27.6 Å². The third kappa shape index (κ3) is 8.58. The van der Waals surface area contributed by atoms with Gasteiger partial charge in [-0.05, 0) is 72.4 Å². The molecule has 1 aliphatic carbocycles. The lowest BCUT2D eigenvalue weighted by Gasteiger charge is -2.26. The molecule has 3 amide bonds. The molecule has 3 aromatic carbocycles. The number of amides is 3. The van der Waals surface area contributed by atoms with Crippen LogP contribution in [0.1, 0.15) is 71.5 Å². The first-order valence-corrected chi connectivity index (χ1v) is 14.4. The quantitative estimate of drug-likeness (QED) is 0.220. The van der Waals surface area contributed by atoms with E-state index in [1.54, 1.807) is 24.3 Å². The average molecular weight is 647 g/mol. The first kappa shape index (κ1) is 31.1. The highest BCUT2D eigenvalue weighted by Crippen LogP contribution is 2.35. The zero-order chi connectivity index (χ0) is 30.3. The number of aliphatic carboxylic acids is 1. The summed E-state index contributed by atoms with van der Waals surface area (Å²) in [6.45, 7) is 0.0715. The smallest absolute Gasteiger partial charge is 0.416 e. The van der Waals surface area contributed by atoms with Gasteiger partial charge in [0.1, 0.15) is 0 Å². The Bertz CT molecular complexity index is 1410. The van der Waals surface area contributed by atoms with Gasteiger partial charge >= 0.3 is 18.2 Å². The predicted molar refractivity (Wildman–Crippen MR) is 158 cm³/mol. The average Bonchev–Trinajstić information content (AvgIpc) is 2.96. The lowest BCUT2D eigenvalue weighted by atomic mass is 9.84. The minimum Gasteiger partial charge on any atom is -0.481 e. The normalized spacial score (nSPS) is 13.8. The molecule has 0 aromatic heterocycles. The second-order valence-corrected chi connectivity index (χ2v) is 11.2. The van der Waals surface area contributed by atoms with Crippen LogP contribution >= 0.6 is 15.9 Å². The van der Waals surface area contributed by atoms with Crippen molar-refractivity contribution in [3.05, 3.63) is 93.5 Å². The number of anilines is 2. The van der Waals surface area contributed by atoms with Crippen LogP contribution in [0.25, 0.3) is 0 Å². The molecule has 0 radical (unpaired) electrons. The Hall–Kier alpha value is -3.86. The zero-order valence-electron chi connectivity index (χ0n) is 22.7. The standard InChI is InChI=1S/C31H31BrF3N3O4/c32-25-16-24(31(33,34)35)17-26(18-25)37-30(42)38(27-12-10-22(11-13-27)21-4-2-1-3-5-21)19-20-6-8-23(9-7-20)29(41)36-15-14-28(39)40/h6-13,16-18,21H,1-5,14-15,19H2,(H,36,41)(H,37,42)(H,39,40). The molecule has 0 aliphatic heterocycles. The number of nitrogens with one attached hydrogen (secondary N) is 2. The molecule has 222 valence electrons. The number of rotatable bonds is 9. The summed E-state index contributed by atoms with van der Waals surface area (Å²) in [5.74, 6) is -0.981. The van der Waals surface area contributed by atoms with E-state index in [4.69, 9.17) is 5.11 Å². The predicted octanol–water partition coefficient (Wildman–Crippen LogP) is 7.96. The Morgan fingerprint density at radius 2 is 1.60 bits per heavy atom. The summed E-state index contributed by atoms with van der Waals surface area (Å²) in [6.07, 6.45) is 1.04. The monoisotopic (exact) mass is 645 g/mol. The van der Waals surface area contributed by atoms with Crippen LogP contribution in [0.15, 0.2) is 71.2 Å². The molecule has 3 N–H and O–H groups in total. The van der Waals surface area contributed by atoms with Crippen molar-refractivity contribution in [1.29, 1.82) is 0 Å². The topological polar surface area (TPSA) is 98.7 Å². The lowest BCUT2D eigenvalue weighted by molar-refractivity contribution is -0.138. The van der Waals surface area contributed by atoms with Gasteiger partial charge in [-0.2, -0.15) is 13.2 Å². The van der Waals surface area contributed by atoms with Gasteiger partial charge in [0.25, 0.3) is 5.91 Å². The molecule has 1 aliphatic rings. The van der Waals surface area contributed by atoms with Crippen molar-refractivity contribution < 1.29 is 32.7 Å². The van der Waals surface area contributed by atoms with E-state index in [1.165, 1.54) is 35.8 Å². The molecule has 1 saturated carbocycles. The summed E-state index contributed by atoms with van der Waals surface area (Å²) in [4.78, 5) is 38.0. The van der Waals surface area contributed by atoms with Crippen molar-refractivity contribution in [2.24, 2.45) is 0 Å². The maximum Gasteiger partial charge on any atom is 0.416 e. The molecule has 3 aromatic rings. The van der Waals surface area contributed by atoms with Gasteiger partial charge in [-0.15, -0.1) is 0 Å². The van der Waals surface area contributed by atoms with Gasteiger partial charge in [0.15, 0.2) is 0 Å². The van der Waals surface area contributed by atoms with Gasteiger partial charge in [-0.1, -0.05) is 59.5 Å². The van der Waals surface area contributed by atoms with Gasteiger partial charge in [0, 0.05) is 28.0 Å². The number of carbonyl (C=O) groups excluding carboxylic acids is 2. The first-order valence-electron chi connectivity index (χ1n) is 13.6. The van der Waals surface area contributed by atoms with Crippen molar-refractivity contribution in [3.63, 3.8) is 0 Å². The highest BCUT2D eigenvalue weighted by Gasteiger charge is 2.31. The van der Waals surface area contributed by atoms with Crippen LogP contribution in [-0.2, 0) is 17.5 Å². The molecule has 7 nitrogen and oxygen atoms in total. The third-order valence-corrected chi connectivity index (χ3v) is 7.64. The van der Waals surface area contributed by atoms with Crippen molar-refractivity contribution >= 4 is 45.2 Å². The van der Waals surface area contributed by atoms with E-state index >= 15 is 0 Å². The second-order valence-electron chi connectivity index (χ2n) is 10.3. The number of urea groups is 1. The molecule has 42 heavy (non-hydrogen) atoms. The lowest BCUT2D eigenvalue weighted by Crippen LogP contribution is -2.34. The highest BCUT2D eigenvalue weighted by molar-refractivity contribution is 9.10. The SMILES string of the molecule is O=C(O)CCNC(=O)c1ccc(CN(C(=O)Nc2cc(Br)cc(C(F)(F)F)c2)c2ccc(C3CCCCC3)cc2)cc1. The van der Waals surface area contributed by atoms with E-state index in [0.29, 0.717) is 22.7 Å². The number of hydrogen-bond acceptors (Lipinski definition) is 3. The second kappa shape index (κ2) is 13.9. The Morgan fingerprint density at radius 1 is 0.929 bits per heavy atom. The van der Waals surface area contributed by atoms with Crippen molar-refractivity contribution in [2.75, 3.05) is 16.8 Å². The number of alkyl halides is 3. The highest BCUT2D eigenvalue weighted by atomic mass is 79.9. The van der Waals surface area contributed by atoms with Crippen molar-refractivity contribution in [2.45, 2.75) is 57.2 Å². The fraction of sp³-hybridized carbons (Fsp3) is 0.323. The Labute approximate surface area is 250 Å². The molecule has 0 saturated heterocycles. The number of benzene rings is 3. The van der Waals surface area contributed by atoms with Gasteiger partial charge in [0.05, 0.1) is 18.5 Å². The maximum absolute atomic E-state index is 13.5. The zero-order valence-corrected chi connectivity index (χ0v) is 24.3. The summed E-state index contributed by atoms with van der Waals surface area (Å²) < 4.78 is 40.3. The molecule has 0 heterocycles. The summed E-state index contributed by atoms with van der Waals surface area (Å²) >= 11 is 3.09. The number of carbonyl (C=O) groups is 3.